The monoisotopic (exact) mass is 414 g/mol. The summed E-state index contributed by atoms with van der Waals surface area (Å²) in [6.45, 7) is 12.5. The molecular formula is C28H36N3. The van der Waals surface area contributed by atoms with Crippen LogP contribution in [0.3, 0.4) is 0 Å². The molecule has 1 aliphatic carbocycles. The predicted octanol–water partition coefficient (Wildman–Crippen LogP) is 7.22. The zero-order valence-electron chi connectivity index (χ0n) is 19.7. The van der Waals surface area contributed by atoms with Gasteiger partial charge in [0.05, 0.1) is 0 Å². The number of anilines is 1. The quantitative estimate of drug-likeness (QED) is 0.408. The van der Waals surface area contributed by atoms with E-state index in [4.69, 9.17) is 0 Å². The number of allylic oxidation sites excluding steroid dienone is 1. The van der Waals surface area contributed by atoms with Crippen LogP contribution in [0.1, 0.15) is 44.7 Å². The summed E-state index contributed by atoms with van der Waals surface area (Å²) in [7, 11) is 0. The molecule has 1 radical (unpaired) electrons. The molecule has 0 spiro atoms. The molecular weight excluding hydrogens is 378 g/mol. The van der Waals surface area contributed by atoms with Gasteiger partial charge in [-0.3, -0.25) is 4.98 Å². The Labute approximate surface area is 188 Å². The largest absolute Gasteiger partial charge is 0.356 e. The number of aromatic nitrogens is 2. The van der Waals surface area contributed by atoms with E-state index in [2.05, 4.69) is 78.5 Å². The van der Waals surface area contributed by atoms with Crippen molar-refractivity contribution >= 4 is 5.82 Å². The first kappa shape index (κ1) is 24.3. The van der Waals surface area contributed by atoms with Crippen LogP contribution in [0.4, 0.5) is 5.82 Å². The van der Waals surface area contributed by atoms with E-state index in [0.29, 0.717) is 0 Å². The fraction of sp³-hybridized carbons (Fsp3) is 0.321. The number of aryl methyl sites for hydroxylation is 2. The Morgan fingerprint density at radius 3 is 2.13 bits per heavy atom. The summed E-state index contributed by atoms with van der Waals surface area (Å²) >= 11 is 0. The summed E-state index contributed by atoms with van der Waals surface area (Å²) in [5, 5.41) is 0. The average Bonchev–Trinajstić information content (AvgIpc) is 3.64. The minimum Gasteiger partial charge on any atom is -0.356 e. The normalized spacial score (nSPS) is 11.3. The summed E-state index contributed by atoms with van der Waals surface area (Å²) in [6, 6.07) is 16.7. The summed E-state index contributed by atoms with van der Waals surface area (Å²) in [4.78, 5) is 11.0. The first-order chi connectivity index (χ1) is 15.2. The number of hydrogen-bond donors (Lipinski definition) is 0. The van der Waals surface area contributed by atoms with Crippen LogP contribution in [0.25, 0.3) is 11.1 Å². The maximum Gasteiger partial charge on any atom is 0.128 e. The molecule has 0 saturated heterocycles. The van der Waals surface area contributed by atoms with Crippen LogP contribution >= 0.6 is 0 Å². The lowest BCUT2D eigenvalue weighted by atomic mass is 10.1. The number of nitrogens with zero attached hydrogens (tertiary/aromatic N) is 3. The molecule has 3 heteroatoms. The van der Waals surface area contributed by atoms with Crippen molar-refractivity contribution in [2.24, 2.45) is 0 Å². The minimum atomic E-state index is 1.08. The van der Waals surface area contributed by atoms with Crippen molar-refractivity contribution in [3.05, 3.63) is 96.3 Å². The van der Waals surface area contributed by atoms with Crippen LogP contribution in [0.2, 0.25) is 0 Å². The molecule has 0 unspecified atom stereocenters. The molecule has 0 saturated carbocycles. The number of benzene rings is 1. The molecule has 2 heterocycles. The minimum absolute atomic E-state index is 1.08. The van der Waals surface area contributed by atoms with Crippen LogP contribution in [0.15, 0.2) is 78.8 Å². The Morgan fingerprint density at radius 1 is 0.806 bits per heavy atom. The molecule has 4 rings (SSSR count). The molecule has 163 valence electrons. The molecule has 3 aromatic rings. The van der Waals surface area contributed by atoms with E-state index in [0.717, 1.165) is 31.7 Å². The number of rotatable bonds is 7. The standard InChI is InChI=1S/C14H19N2.C12H11N.C2H6/c1-3-9-16(10-8-13-5-6-13)14-7-4-12(2)11-15-14;1-10-7-12(9-13-8-10)11-5-3-2-4-6-11;1-2/h4-7,11H,3,8-10H2,1-2H3;2-9H,1H3;1-2H3. The van der Waals surface area contributed by atoms with Crippen molar-refractivity contribution in [3.8, 4) is 11.1 Å². The maximum absolute atomic E-state index is 4.49. The van der Waals surface area contributed by atoms with Gasteiger partial charge in [-0.05, 0) is 55.5 Å². The van der Waals surface area contributed by atoms with Gasteiger partial charge < -0.3 is 4.90 Å². The topological polar surface area (TPSA) is 29.0 Å². The van der Waals surface area contributed by atoms with E-state index in [9.17, 15) is 0 Å². The third-order valence-electron chi connectivity index (χ3n) is 4.77. The molecule has 1 aromatic carbocycles. The van der Waals surface area contributed by atoms with Gasteiger partial charge in [0.25, 0.3) is 0 Å². The first-order valence-corrected chi connectivity index (χ1v) is 11.3. The van der Waals surface area contributed by atoms with Gasteiger partial charge in [-0.25, -0.2) is 4.98 Å². The average molecular weight is 415 g/mol. The second-order valence-electron chi connectivity index (χ2n) is 7.46. The van der Waals surface area contributed by atoms with E-state index in [1.54, 1.807) is 0 Å². The van der Waals surface area contributed by atoms with Gasteiger partial charge in [-0.15, -0.1) is 0 Å². The molecule has 0 amide bonds. The summed E-state index contributed by atoms with van der Waals surface area (Å²) in [5.41, 5.74) is 6.30. The molecule has 0 atom stereocenters. The molecule has 1 aliphatic rings. The molecule has 31 heavy (non-hydrogen) atoms. The van der Waals surface area contributed by atoms with Crippen LogP contribution in [-0.4, -0.2) is 23.1 Å². The number of hydrogen-bond acceptors (Lipinski definition) is 3. The second-order valence-corrected chi connectivity index (χ2v) is 7.46. The van der Waals surface area contributed by atoms with Crippen molar-refractivity contribution < 1.29 is 0 Å². The maximum atomic E-state index is 4.49. The first-order valence-electron chi connectivity index (χ1n) is 11.3. The summed E-state index contributed by atoms with van der Waals surface area (Å²) in [6.07, 6.45) is 12.4. The van der Waals surface area contributed by atoms with E-state index in [-0.39, 0.29) is 0 Å². The van der Waals surface area contributed by atoms with E-state index in [1.165, 1.54) is 27.8 Å². The van der Waals surface area contributed by atoms with Crippen LogP contribution in [0, 0.1) is 20.3 Å². The highest BCUT2D eigenvalue weighted by Gasteiger charge is 2.11. The van der Waals surface area contributed by atoms with E-state index in [1.807, 2.05) is 50.6 Å². The molecule has 0 bridgehead atoms. The highest BCUT2D eigenvalue weighted by atomic mass is 15.2. The van der Waals surface area contributed by atoms with Gasteiger partial charge in [-0.1, -0.05) is 68.8 Å². The fourth-order valence-corrected chi connectivity index (χ4v) is 3.09. The van der Waals surface area contributed by atoms with Crippen molar-refractivity contribution in [2.45, 2.75) is 47.5 Å². The van der Waals surface area contributed by atoms with Crippen molar-refractivity contribution in [1.82, 2.24) is 9.97 Å². The highest BCUT2D eigenvalue weighted by Crippen LogP contribution is 2.22. The van der Waals surface area contributed by atoms with Crippen LogP contribution in [-0.2, 0) is 0 Å². The molecule has 0 fully saturated rings. The Morgan fingerprint density at radius 2 is 1.55 bits per heavy atom. The highest BCUT2D eigenvalue weighted by molar-refractivity contribution is 5.62. The lowest BCUT2D eigenvalue weighted by Gasteiger charge is -2.22. The lowest BCUT2D eigenvalue weighted by Crippen LogP contribution is -2.26. The predicted molar refractivity (Wildman–Crippen MR) is 134 cm³/mol. The molecule has 2 aromatic heterocycles. The molecule has 3 nitrogen and oxygen atoms in total. The lowest BCUT2D eigenvalue weighted by molar-refractivity contribution is 0.749. The zero-order chi connectivity index (χ0) is 22.5. The summed E-state index contributed by atoms with van der Waals surface area (Å²) < 4.78 is 0. The zero-order valence-corrected chi connectivity index (χ0v) is 19.7. The van der Waals surface area contributed by atoms with Gasteiger partial charge in [0.1, 0.15) is 5.82 Å². The smallest absolute Gasteiger partial charge is 0.128 e. The Bertz CT molecular complexity index is 915. The third-order valence-corrected chi connectivity index (χ3v) is 4.77. The van der Waals surface area contributed by atoms with Crippen molar-refractivity contribution in [3.63, 3.8) is 0 Å². The Kier molecular flexibility index (Phi) is 10.5. The van der Waals surface area contributed by atoms with Gasteiger partial charge in [-0.2, -0.15) is 0 Å². The van der Waals surface area contributed by atoms with Crippen molar-refractivity contribution in [1.29, 1.82) is 0 Å². The van der Waals surface area contributed by atoms with Gasteiger partial charge in [0.15, 0.2) is 0 Å². The van der Waals surface area contributed by atoms with E-state index < -0.39 is 0 Å². The third kappa shape index (κ3) is 8.75. The Balaban J connectivity index is 0.000000208. The molecule has 0 N–H and O–H groups in total. The number of pyridine rings is 2. The fourth-order valence-electron chi connectivity index (χ4n) is 3.09. The summed E-state index contributed by atoms with van der Waals surface area (Å²) in [5.74, 6) is 1.11. The van der Waals surface area contributed by atoms with Gasteiger partial charge >= 0.3 is 0 Å². The second kappa shape index (κ2) is 13.4. The van der Waals surface area contributed by atoms with Crippen LogP contribution < -0.4 is 4.90 Å². The molecule has 0 aliphatic heterocycles. The van der Waals surface area contributed by atoms with Crippen molar-refractivity contribution in [2.75, 3.05) is 18.0 Å². The van der Waals surface area contributed by atoms with E-state index >= 15 is 0 Å². The van der Waals surface area contributed by atoms with Gasteiger partial charge in [0.2, 0.25) is 0 Å². The van der Waals surface area contributed by atoms with Gasteiger partial charge in [0, 0.05) is 43.7 Å². The SMILES string of the molecule is CC.CCCN(CCC1=C[CH]1)c1ccc(C)cn1.Cc1cncc(-c2ccccc2)c1. The van der Waals surface area contributed by atoms with Crippen LogP contribution in [0.5, 0.6) is 0 Å². The Hall–Kier alpha value is -2.94.